The van der Waals surface area contributed by atoms with Crippen molar-refractivity contribution in [1.29, 1.82) is 0 Å². The van der Waals surface area contributed by atoms with Crippen LogP contribution in [-0.2, 0) is 12.0 Å². The van der Waals surface area contributed by atoms with Crippen LogP contribution in [0.3, 0.4) is 0 Å². The standard InChI is InChI=1S/C17H28N2S/c1-17(2,3)16-8-7-13(20-16)12-18-14-9-11-19-10-5-4-6-15(14)19/h7-8,14-15,18H,4-6,9-12H2,1-3H3. The van der Waals surface area contributed by atoms with E-state index in [-0.39, 0.29) is 5.41 Å². The zero-order valence-electron chi connectivity index (χ0n) is 13.1. The van der Waals surface area contributed by atoms with E-state index in [2.05, 4.69) is 43.1 Å². The molecule has 0 radical (unpaired) electrons. The number of rotatable bonds is 3. The Hall–Kier alpha value is -0.380. The Morgan fingerprint density at radius 2 is 2.05 bits per heavy atom. The summed E-state index contributed by atoms with van der Waals surface area (Å²) in [6, 6.07) is 6.15. The maximum atomic E-state index is 3.83. The van der Waals surface area contributed by atoms with Crippen molar-refractivity contribution in [3.63, 3.8) is 0 Å². The van der Waals surface area contributed by atoms with Crippen LogP contribution in [0.25, 0.3) is 0 Å². The summed E-state index contributed by atoms with van der Waals surface area (Å²) < 4.78 is 0. The second kappa shape index (κ2) is 5.78. The molecule has 0 saturated carbocycles. The van der Waals surface area contributed by atoms with Gasteiger partial charge in [-0.3, -0.25) is 4.90 Å². The van der Waals surface area contributed by atoms with Crippen LogP contribution in [-0.4, -0.2) is 30.1 Å². The first-order chi connectivity index (χ1) is 9.54. The SMILES string of the molecule is CC(C)(C)c1ccc(CNC2CCN3CCCCC23)s1. The highest BCUT2D eigenvalue weighted by molar-refractivity contribution is 7.12. The predicted octanol–water partition coefficient (Wildman–Crippen LogP) is 3.76. The number of nitrogens with zero attached hydrogens (tertiary/aromatic N) is 1. The molecule has 0 aliphatic carbocycles. The zero-order valence-corrected chi connectivity index (χ0v) is 13.9. The summed E-state index contributed by atoms with van der Waals surface area (Å²) in [6.45, 7) is 10.6. The van der Waals surface area contributed by atoms with Gasteiger partial charge in [0.1, 0.15) is 0 Å². The third-order valence-electron chi connectivity index (χ3n) is 4.80. The van der Waals surface area contributed by atoms with Crippen molar-refractivity contribution in [2.45, 2.75) is 70.5 Å². The van der Waals surface area contributed by atoms with Gasteiger partial charge in [-0.2, -0.15) is 0 Å². The van der Waals surface area contributed by atoms with Crippen molar-refractivity contribution in [2.24, 2.45) is 0 Å². The average Bonchev–Trinajstić information content (AvgIpc) is 3.02. The van der Waals surface area contributed by atoms with E-state index in [1.165, 1.54) is 48.5 Å². The molecule has 0 amide bonds. The molecule has 2 unspecified atom stereocenters. The summed E-state index contributed by atoms with van der Waals surface area (Å²) in [5.74, 6) is 0. The van der Waals surface area contributed by atoms with Crippen molar-refractivity contribution in [3.8, 4) is 0 Å². The molecule has 2 aliphatic heterocycles. The van der Waals surface area contributed by atoms with Crippen LogP contribution in [0.2, 0.25) is 0 Å². The smallest absolute Gasteiger partial charge is 0.0303 e. The summed E-state index contributed by atoms with van der Waals surface area (Å²) >= 11 is 1.98. The lowest BCUT2D eigenvalue weighted by atomic mass is 9.95. The van der Waals surface area contributed by atoms with E-state index in [0.29, 0.717) is 0 Å². The molecule has 3 heteroatoms. The lowest BCUT2D eigenvalue weighted by molar-refractivity contribution is 0.180. The summed E-state index contributed by atoms with van der Waals surface area (Å²) in [5, 5.41) is 3.83. The molecule has 2 nitrogen and oxygen atoms in total. The molecule has 1 aromatic rings. The second-order valence-corrected chi connectivity index (χ2v) is 8.56. The lowest BCUT2D eigenvalue weighted by Crippen LogP contribution is -2.44. The predicted molar refractivity (Wildman–Crippen MR) is 87.5 cm³/mol. The molecule has 1 aromatic heterocycles. The molecule has 3 heterocycles. The van der Waals surface area contributed by atoms with Crippen LogP contribution in [0.5, 0.6) is 0 Å². The molecule has 112 valence electrons. The van der Waals surface area contributed by atoms with Crippen molar-refractivity contribution < 1.29 is 0 Å². The maximum Gasteiger partial charge on any atom is 0.0303 e. The van der Waals surface area contributed by atoms with Gasteiger partial charge in [-0.15, -0.1) is 11.3 Å². The number of hydrogen-bond donors (Lipinski definition) is 1. The number of hydrogen-bond acceptors (Lipinski definition) is 3. The normalized spacial score (nSPS) is 27.8. The lowest BCUT2D eigenvalue weighted by Gasteiger charge is -2.32. The molecule has 1 N–H and O–H groups in total. The Kier molecular flexibility index (Phi) is 4.21. The van der Waals surface area contributed by atoms with Crippen molar-refractivity contribution in [3.05, 3.63) is 21.9 Å². The van der Waals surface area contributed by atoms with Crippen LogP contribution in [0, 0.1) is 0 Å². The van der Waals surface area contributed by atoms with Gasteiger partial charge in [0.2, 0.25) is 0 Å². The van der Waals surface area contributed by atoms with E-state index < -0.39 is 0 Å². The van der Waals surface area contributed by atoms with E-state index in [1.807, 2.05) is 11.3 Å². The maximum absolute atomic E-state index is 3.83. The van der Waals surface area contributed by atoms with Crippen molar-refractivity contribution >= 4 is 11.3 Å². The van der Waals surface area contributed by atoms with E-state index in [9.17, 15) is 0 Å². The summed E-state index contributed by atoms with van der Waals surface area (Å²) in [7, 11) is 0. The summed E-state index contributed by atoms with van der Waals surface area (Å²) in [5.41, 5.74) is 0.288. The van der Waals surface area contributed by atoms with Gasteiger partial charge in [-0.1, -0.05) is 27.2 Å². The fourth-order valence-corrected chi connectivity index (χ4v) is 4.61. The topological polar surface area (TPSA) is 15.3 Å². The van der Waals surface area contributed by atoms with E-state index >= 15 is 0 Å². The molecule has 2 fully saturated rings. The number of fused-ring (bicyclic) bond motifs is 1. The highest BCUT2D eigenvalue weighted by atomic mass is 32.1. The Morgan fingerprint density at radius 1 is 1.20 bits per heavy atom. The Morgan fingerprint density at radius 3 is 2.80 bits per heavy atom. The highest BCUT2D eigenvalue weighted by Crippen LogP contribution is 2.30. The van der Waals surface area contributed by atoms with Crippen LogP contribution >= 0.6 is 11.3 Å². The minimum Gasteiger partial charge on any atom is -0.307 e. The zero-order chi connectivity index (χ0) is 14.2. The van der Waals surface area contributed by atoms with Crippen molar-refractivity contribution in [2.75, 3.05) is 13.1 Å². The fourth-order valence-electron chi connectivity index (χ4n) is 3.59. The average molecular weight is 292 g/mol. The van der Waals surface area contributed by atoms with Crippen LogP contribution < -0.4 is 5.32 Å². The van der Waals surface area contributed by atoms with Crippen LogP contribution in [0.15, 0.2) is 12.1 Å². The molecule has 0 aromatic carbocycles. The first kappa shape index (κ1) is 14.6. The number of nitrogens with one attached hydrogen (secondary N) is 1. The Bertz CT molecular complexity index is 446. The minimum absolute atomic E-state index is 0.288. The number of piperidine rings is 1. The van der Waals surface area contributed by atoms with Gasteiger partial charge in [0.25, 0.3) is 0 Å². The monoisotopic (exact) mass is 292 g/mol. The van der Waals surface area contributed by atoms with E-state index in [4.69, 9.17) is 0 Å². The minimum atomic E-state index is 0.288. The molecule has 3 rings (SSSR count). The fraction of sp³-hybridized carbons (Fsp3) is 0.765. The first-order valence-corrected chi connectivity index (χ1v) is 8.92. The molecule has 20 heavy (non-hydrogen) atoms. The molecule has 2 atom stereocenters. The van der Waals surface area contributed by atoms with E-state index in [1.54, 1.807) is 0 Å². The van der Waals surface area contributed by atoms with Crippen LogP contribution in [0.1, 0.15) is 56.2 Å². The third kappa shape index (κ3) is 3.10. The second-order valence-electron chi connectivity index (χ2n) is 7.39. The van der Waals surface area contributed by atoms with Gasteiger partial charge in [-0.05, 0) is 43.4 Å². The molecule has 0 spiro atoms. The largest absolute Gasteiger partial charge is 0.307 e. The molecule has 2 saturated heterocycles. The third-order valence-corrected chi connectivity index (χ3v) is 6.31. The summed E-state index contributed by atoms with van der Waals surface area (Å²) in [4.78, 5) is 5.69. The van der Waals surface area contributed by atoms with E-state index in [0.717, 1.165) is 18.6 Å². The van der Waals surface area contributed by atoms with Gasteiger partial charge in [0.15, 0.2) is 0 Å². The quantitative estimate of drug-likeness (QED) is 0.912. The first-order valence-electron chi connectivity index (χ1n) is 8.11. The van der Waals surface area contributed by atoms with Gasteiger partial charge in [0.05, 0.1) is 0 Å². The molecular weight excluding hydrogens is 264 g/mol. The van der Waals surface area contributed by atoms with Crippen molar-refractivity contribution in [1.82, 2.24) is 10.2 Å². The van der Waals surface area contributed by atoms with Crippen LogP contribution in [0.4, 0.5) is 0 Å². The van der Waals surface area contributed by atoms with Gasteiger partial charge in [-0.25, -0.2) is 0 Å². The highest BCUT2D eigenvalue weighted by Gasteiger charge is 2.34. The molecule has 0 bridgehead atoms. The Labute approximate surface area is 127 Å². The van der Waals surface area contributed by atoms with Gasteiger partial charge >= 0.3 is 0 Å². The van der Waals surface area contributed by atoms with Gasteiger partial charge < -0.3 is 5.32 Å². The summed E-state index contributed by atoms with van der Waals surface area (Å²) in [6.07, 6.45) is 5.56. The Balaban J connectivity index is 1.56. The molecular formula is C17H28N2S. The van der Waals surface area contributed by atoms with Gasteiger partial charge in [0, 0.05) is 34.9 Å². The molecule has 2 aliphatic rings. The number of thiophene rings is 1.